The average molecular weight is 337 g/mol. The lowest BCUT2D eigenvalue weighted by Gasteiger charge is -2.31. The Balaban J connectivity index is 1.44. The highest BCUT2D eigenvalue weighted by Gasteiger charge is 2.15. The van der Waals surface area contributed by atoms with Crippen LogP contribution in [0.2, 0.25) is 0 Å². The number of hydrogen-bond acceptors (Lipinski definition) is 2. The van der Waals surface area contributed by atoms with E-state index in [1.165, 1.54) is 24.1 Å². The maximum Gasteiger partial charge on any atom is 0.319 e. The lowest BCUT2D eigenvalue weighted by molar-refractivity contribution is 0.252. The minimum Gasteiger partial charge on any atom is -0.371 e. The zero-order valence-corrected chi connectivity index (χ0v) is 15.1. The Kier molecular flexibility index (Phi) is 5.59. The molecule has 0 unspecified atom stereocenters. The van der Waals surface area contributed by atoms with Crippen LogP contribution in [0, 0.1) is 13.8 Å². The third-order valence-electron chi connectivity index (χ3n) is 4.74. The largest absolute Gasteiger partial charge is 0.371 e. The van der Waals surface area contributed by atoms with Crippen LogP contribution in [0.1, 0.15) is 29.5 Å². The predicted molar refractivity (Wildman–Crippen MR) is 105 cm³/mol. The van der Waals surface area contributed by atoms with E-state index in [-0.39, 0.29) is 6.03 Å². The zero-order valence-electron chi connectivity index (χ0n) is 15.1. The van der Waals surface area contributed by atoms with Gasteiger partial charge < -0.3 is 15.5 Å². The first-order chi connectivity index (χ1) is 12.1. The average Bonchev–Trinajstić information content (AvgIpc) is 2.62. The van der Waals surface area contributed by atoms with E-state index in [0.717, 1.165) is 36.3 Å². The van der Waals surface area contributed by atoms with Crippen molar-refractivity contribution in [2.75, 3.05) is 29.9 Å². The third kappa shape index (κ3) is 4.53. The zero-order chi connectivity index (χ0) is 17.6. The number of hydrogen-bond donors (Lipinski definition) is 2. The van der Waals surface area contributed by atoms with Gasteiger partial charge in [0.25, 0.3) is 0 Å². The highest BCUT2D eigenvalue weighted by Crippen LogP contribution is 2.26. The molecule has 0 radical (unpaired) electrons. The smallest absolute Gasteiger partial charge is 0.319 e. The van der Waals surface area contributed by atoms with Crippen LogP contribution >= 0.6 is 0 Å². The van der Waals surface area contributed by atoms with E-state index < -0.39 is 0 Å². The summed E-state index contributed by atoms with van der Waals surface area (Å²) in [6, 6.07) is 14.6. The van der Waals surface area contributed by atoms with Gasteiger partial charge in [0.2, 0.25) is 0 Å². The monoisotopic (exact) mass is 337 g/mol. The number of carbonyl (C=O) groups is 1. The number of urea groups is 1. The van der Waals surface area contributed by atoms with Crippen LogP contribution in [-0.2, 0) is 6.42 Å². The molecule has 1 aliphatic rings. The number of nitrogens with zero attached hydrogens (tertiary/aromatic N) is 1. The number of fused-ring (bicyclic) bond motifs is 1. The fourth-order valence-electron chi connectivity index (χ4n) is 3.35. The van der Waals surface area contributed by atoms with E-state index >= 15 is 0 Å². The van der Waals surface area contributed by atoms with Crippen LogP contribution in [0.3, 0.4) is 0 Å². The number of benzene rings is 2. The van der Waals surface area contributed by atoms with Gasteiger partial charge in [0.05, 0.1) is 0 Å². The van der Waals surface area contributed by atoms with Gasteiger partial charge in [0.15, 0.2) is 0 Å². The maximum absolute atomic E-state index is 12.1. The van der Waals surface area contributed by atoms with Crippen molar-refractivity contribution in [3.8, 4) is 0 Å². The fourth-order valence-corrected chi connectivity index (χ4v) is 3.35. The van der Waals surface area contributed by atoms with Crippen LogP contribution < -0.4 is 15.5 Å². The topological polar surface area (TPSA) is 44.4 Å². The molecule has 2 N–H and O–H groups in total. The molecule has 0 aliphatic carbocycles. The quantitative estimate of drug-likeness (QED) is 0.800. The second-order valence-electron chi connectivity index (χ2n) is 6.77. The number of amides is 2. The van der Waals surface area contributed by atoms with Crippen LogP contribution in [0.25, 0.3) is 0 Å². The summed E-state index contributed by atoms with van der Waals surface area (Å²) in [6.07, 6.45) is 3.31. The molecule has 0 saturated heterocycles. The van der Waals surface area contributed by atoms with Crippen molar-refractivity contribution in [2.24, 2.45) is 0 Å². The molecule has 132 valence electrons. The highest BCUT2D eigenvalue weighted by molar-refractivity contribution is 5.90. The van der Waals surface area contributed by atoms with Crippen LogP contribution in [0.5, 0.6) is 0 Å². The summed E-state index contributed by atoms with van der Waals surface area (Å²) in [4.78, 5) is 14.5. The molecule has 0 aromatic heterocycles. The van der Waals surface area contributed by atoms with Gasteiger partial charge in [-0.05, 0) is 61.9 Å². The van der Waals surface area contributed by atoms with Crippen LogP contribution in [-0.4, -0.2) is 25.7 Å². The van der Waals surface area contributed by atoms with Gasteiger partial charge in [-0.25, -0.2) is 4.79 Å². The molecule has 1 heterocycles. The summed E-state index contributed by atoms with van der Waals surface area (Å²) < 4.78 is 0. The van der Waals surface area contributed by atoms with Gasteiger partial charge in [-0.1, -0.05) is 30.3 Å². The molecule has 4 heteroatoms. The summed E-state index contributed by atoms with van der Waals surface area (Å²) in [6.45, 7) is 6.78. The van der Waals surface area contributed by atoms with E-state index in [0.29, 0.717) is 6.54 Å². The van der Waals surface area contributed by atoms with E-state index in [9.17, 15) is 4.79 Å². The molecule has 2 aromatic rings. The predicted octanol–water partition coefficient (Wildman–Crippen LogP) is 4.27. The minimum atomic E-state index is -0.132. The molecule has 0 spiro atoms. The van der Waals surface area contributed by atoms with Gasteiger partial charge in [0, 0.05) is 31.0 Å². The second kappa shape index (κ2) is 8.06. The van der Waals surface area contributed by atoms with Crippen molar-refractivity contribution < 1.29 is 4.79 Å². The Labute approximate surface area is 150 Å². The first kappa shape index (κ1) is 17.3. The number of carbonyl (C=O) groups excluding carboxylic acids is 1. The lowest BCUT2D eigenvalue weighted by Crippen LogP contribution is -2.34. The van der Waals surface area contributed by atoms with Gasteiger partial charge >= 0.3 is 6.03 Å². The normalized spacial score (nSPS) is 13.3. The summed E-state index contributed by atoms with van der Waals surface area (Å²) >= 11 is 0. The van der Waals surface area contributed by atoms with Crippen molar-refractivity contribution in [3.05, 3.63) is 59.2 Å². The fraction of sp³-hybridized carbons (Fsp3) is 0.381. The molecule has 0 bridgehead atoms. The summed E-state index contributed by atoms with van der Waals surface area (Å²) in [5, 5.41) is 5.91. The van der Waals surface area contributed by atoms with E-state index in [2.05, 4.69) is 45.9 Å². The standard InChI is InChI=1S/C21H27N3O/c1-16-10-11-17(2)19(15-16)23-21(25)22-12-6-14-24-13-5-8-18-7-3-4-9-20(18)24/h3-4,7,9-11,15H,5-6,8,12-14H2,1-2H3,(H2,22,23,25). The van der Waals surface area contributed by atoms with Crippen molar-refractivity contribution in [1.82, 2.24) is 5.32 Å². The van der Waals surface area contributed by atoms with Crippen LogP contribution in [0.4, 0.5) is 16.2 Å². The number of aryl methyl sites for hydroxylation is 3. The number of nitrogens with one attached hydrogen (secondary N) is 2. The van der Waals surface area contributed by atoms with Gasteiger partial charge in [-0.3, -0.25) is 0 Å². The Morgan fingerprint density at radius 2 is 2.00 bits per heavy atom. The van der Waals surface area contributed by atoms with Crippen molar-refractivity contribution >= 4 is 17.4 Å². The molecule has 1 aliphatic heterocycles. The van der Waals surface area contributed by atoms with Crippen molar-refractivity contribution in [2.45, 2.75) is 33.1 Å². The lowest BCUT2D eigenvalue weighted by atomic mass is 10.0. The summed E-state index contributed by atoms with van der Waals surface area (Å²) in [7, 11) is 0. The molecule has 0 fully saturated rings. The van der Waals surface area contributed by atoms with Gasteiger partial charge in [0.1, 0.15) is 0 Å². The SMILES string of the molecule is Cc1ccc(C)c(NC(=O)NCCCN2CCCc3ccccc32)c1. The summed E-state index contributed by atoms with van der Waals surface area (Å²) in [5.41, 5.74) is 5.89. The van der Waals surface area contributed by atoms with Crippen LogP contribution in [0.15, 0.2) is 42.5 Å². The molecular formula is C21H27N3O. The Morgan fingerprint density at radius 3 is 2.88 bits per heavy atom. The first-order valence-corrected chi connectivity index (χ1v) is 9.08. The highest BCUT2D eigenvalue weighted by atomic mass is 16.2. The third-order valence-corrected chi connectivity index (χ3v) is 4.74. The minimum absolute atomic E-state index is 0.132. The molecule has 3 rings (SSSR count). The first-order valence-electron chi connectivity index (χ1n) is 9.08. The molecule has 25 heavy (non-hydrogen) atoms. The molecular weight excluding hydrogens is 310 g/mol. The maximum atomic E-state index is 12.1. The van der Waals surface area contributed by atoms with Crippen molar-refractivity contribution in [1.29, 1.82) is 0 Å². The number of para-hydroxylation sites is 1. The Bertz CT molecular complexity index is 742. The molecule has 2 amide bonds. The Hall–Kier alpha value is -2.49. The van der Waals surface area contributed by atoms with Gasteiger partial charge in [-0.15, -0.1) is 0 Å². The molecule has 0 atom stereocenters. The van der Waals surface area contributed by atoms with E-state index in [1.54, 1.807) is 0 Å². The number of anilines is 2. The van der Waals surface area contributed by atoms with Crippen molar-refractivity contribution in [3.63, 3.8) is 0 Å². The molecule has 2 aromatic carbocycles. The van der Waals surface area contributed by atoms with E-state index in [4.69, 9.17) is 0 Å². The number of rotatable bonds is 5. The van der Waals surface area contributed by atoms with E-state index in [1.807, 2.05) is 26.0 Å². The Morgan fingerprint density at radius 1 is 1.16 bits per heavy atom. The molecule has 0 saturated carbocycles. The summed E-state index contributed by atoms with van der Waals surface area (Å²) in [5.74, 6) is 0. The second-order valence-corrected chi connectivity index (χ2v) is 6.77. The molecule has 4 nitrogen and oxygen atoms in total. The van der Waals surface area contributed by atoms with Gasteiger partial charge in [-0.2, -0.15) is 0 Å².